The largest absolute Gasteiger partial charge is 0.494 e. The Morgan fingerprint density at radius 2 is 1.95 bits per heavy atom. The summed E-state index contributed by atoms with van der Waals surface area (Å²) in [6.07, 6.45) is 0.549. The lowest BCUT2D eigenvalue weighted by molar-refractivity contribution is 0.0697. The number of anilines is 1. The molecule has 22 heavy (non-hydrogen) atoms. The van der Waals surface area contributed by atoms with Crippen LogP contribution < -0.4 is 15.4 Å². The molecule has 0 bridgehead atoms. The fourth-order valence-corrected chi connectivity index (χ4v) is 2.29. The van der Waals surface area contributed by atoms with E-state index in [-0.39, 0.29) is 11.6 Å². The molecule has 0 heterocycles. The van der Waals surface area contributed by atoms with Crippen molar-refractivity contribution < 1.29 is 19.4 Å². The van der Waals surface area contributed by atoms with E-state index in [9.17, 15) is 14.7 Å². The van der Waals surface area contributed by atoms with Gasteiger partial charge in [0, 0.05) is 11.6 Å². The molecule has 0 aliphatic carbocycles. The van der Waals surface area contributed by atoms with Gasteiger partial charge in [-0.3, -0.25) is 0 Å². The van der Waals surface area contributed by atoms with Gasteiger partial charge in [-0.25, -0.2) is 9.59 Å². The van der Waals surface area contributed by atoms with Gasteiger partial charge in [0.05, 0.1) is 17.9 Å². The second-order valence-electron chi connectivity index (χ2n) is 5.27. The quantitative estimate of drug-likeness (QED) is 0.753. The number of urea groups is 1. The van der Waals surface area contributed by atoms with Gasteiger partial charge in [0.15, 0.2) is 0 Å². The maximum absolute atomic E-state index is 12.0. The summed E-state index contributed by atoms with van der Waals surface area (Å²) in [6.45, 7) is 9.58. The highest BCUT2D eigenvalue weighted by Crippen LogP contribution is 2.34. The number of nitrogens with one attached hydrogen (secondary N) is 2. The van der Waals surface area contributed by atoms with Gasteiger partial charge < -0.3 is 20.5 Å². The number of carbonyl (C=O) groups is 2. The van der Waals surface area contributed by atoms with Gasteiger partial charge in [0.1, 0.15) is 5.75 Å². The van der Waals surface area contributed by atoms with Crippen LogP contribution in [0, 0.1) is 6.92 Å². The SMILES string of the molecule is CCOc1cc(C)c(C(=O)O)c(NC(=O)NC(C)C)c1CC. The smallest absolute Gasteiger partial charge is 0.338 e. The van der Waals surface area contributed by atoms with Crippen molar-refractivity contribution in [1.29, 1.82) is 0 Å². The molecule has 0 saturated carbocycles. The Morgan fingerprint density at radius 3 is 2.41 bits per heavy atom. The monoisotopic (exact) mass is 308 g/mol. The molecule has 122 valence electrons. The van der Waals surface area contributed by atoms with Crippen molar-refractivity contribution in [3.05, 3.63) is 22.8 Å². The van der Waals surface area contributed by atoms with Crippen LogP contribution >= 0.6 is 0 Å². The highest BCUT2D eigenvalue weighted by molar-refractivity contribution is 6.02. The first-order chi connectivity index (χ1) is 10.3. The first-order valence-corrected chi connectivity index (χ1v) is 7.41. The number of carboxylic acids is 1. The maximum atomic E-state index is 12.0. The van der Waals surface area contributed by atoms with Crippen LogP contribution in [-0.4, -0.2) is 29.8 Å². The highest BCUT2D eigenvalue weighted by Gasteiger charge is 2.22. The molecule has 6 heteroatoms. The number of benzene rings is 1. The van der Waals surface area contributed by atoms with E-state index in [2.05, 4.69) is 10.6 Å². The topological polar surface area (TPSA) is 87.7 Å². The standard InChI is InChI=1S/C16H24N2O4/c1-6-11-12(22-7-2)8-10(5)13(15(19)20)14(11)18-16(21)17-9(3)4/h8-9H,6-7H2,1-5H3,(H,19,20)(H2,17,18,21). The maximum Gasteiger partial charge on any atom is 0.338 e. The van der Waals surface area contributed by atoms with Crippen molar-refractivity contribution in [1.82, 2.24) is 5.32 Å². The van der Waals surface area contributed by atoms with Crippen LogP contribution in [0.4, 0.5) is 10.5 Å². The van der Waals surface area contributed by atoms with Gasteiger partial charge in [0.2, 0.25) is 0 Å². The van der Waals surface area contributed by atoms with Crippen LogP contribution in [0.3, 0.4) is 0 Å². The fourth-order valence-electron chi connectivity index (χ4n) is 2.29. The molecule has 0 aliphatic rings. The molecule has 0 saturated heterocycles. The van der Waals surface area contributed by atoms with Crippen LogP contribution in [0.1, 0.15) is 49.2 Å². The van der Waals surface area contributed by atoms with E-state index in [1.54, 1.807) is 13.0 Å². The third kappa shape index (κ3) is 4.13. The Kier molecular flexibility index (Phi) is 6.22. The zero-order valence-electron chi connectivity index (χ0n) is 13.7. The summed E-state index contributed by atoms with van der Waals surface area (Å²) >= 11 is 0. The predicted molar refractivity (Wildman–Crippen MR) is 86.0 cm³/mol. The Hall–Kier alpha value is -2.24. The predicted octanol–water partition coefficient (Wildman–Crippen LogP) is 3.18. The molecule has 0 unspecified atom stereocenters. The molecule has 2 amide bonds. The molecule has 1 aromatic carbocycles. The Morgan fingerprint density at radius 1 is 1.32 bits per heavy atom. The summed E-state index contributed by atoms with van der Waals surface area (Å²) < 4.78 is 5.58. The molecule has 0 aliphatic heterocycles. The lowest BCUT2D eigenvalue weighted by Crippen LogP contribution is -2.35. The molecule has 0 aromatic heterocycles. The van der Waals surface area contributed by atoms with Crippen molar-refractivity contribution in [2.75, 3.05) is 11.9 Å². The lowest BCUT2D eigenvalue weighted by Gasteiger charge is -2.20. The summed E-state index contributed by atoms with van der Waals surface area (Å²) in [7, 11) is 0. The van der Waals surface area contributed by atoms with Gasteiger partial charge >= 0.3 is 12.0 Å². The van der Waals surface area contributed by atoms with Crippen molar-refractivity contribution in [3.8, 4) is 5.75 Å². The number of hydrogen-bond donors (Lipinski definition) is 3. The molecule has 1 aromatic rings. The van der Waals surface area contributed by atoms with E-state index in [1.165, 1.54) is 0 Å². The average Bonchev–Trinajstić information content (AvgIpc) is 2.37. The van der Waals surface area contributed by atoms with E-state index in [0.717, 1.165) is 0 Å². The summed E-state index contributed by atoms with van der Waals surface area (Å²) in [5.74, 6) is -0.470. The molecule has 3 N–H and O–H groups in total. The van der Waals surface area contributed by atoms with Gasteiger partial charge in [-0.2, -0.15) is 0 Å². The van der Waals surface area contributed by atoms with Crippen LogP contribution in [0.15, 0.2) is 6.07 Å². The fraction of sp³-hybridized carbons (Fsp3) is 0.500. The molecule has 0 spiro atoms. The molecular weight excluding hydrogens is 284 g/mol. The number of rotatable bonds is 6. The minimum atomic E-state index is -1.07. The third-order valence-corrected chi connectivity index (χ3v) is 3.12. The number of ether oxygens (including phenoxy) is 1. The van der Waals surface area contributed by atoms with Crippen molar-refractivity contribution in [2.45, 2.75) is 47.1 Å². The van der Waals surface area contributed by atoms with Crippen LogP contribution in [0.5, 0.6) is 5.75 Å². The Balaban J connectivity index is 3.40. The van der Waals surface area contributed by atoms with E-state index in [1.807, 2.05) is 27.7 Å². The summed E-state index contributed by atoms with van der Waals surface area (Å²) in [5, 5.41) is 14.8. The van der Waals surface area contributed by atoms with E-state index in [4.69, 9.17) is 4.74 Å². The highest BCUT2D eigenvalue weighted by atomic mass is 16.5. The number of aromatic carboxylic acids is 1. The summed E-state index contributed by atoms with van der Waals surface area (Å²) in [6, 6.07) is 1.23. The molecule has 0 atom stereocenters. The van der Waals surface area contributed by atoms with Crippen LogP contribution in [0.2, 0.25) is 0 Å². The van der Waals surface area contributed by atoms with Gasteiger partial charge in [-0.05, 0) is 45.7 Å². The van der Waals surface area contributed by atoms with E-state index >= 15 is 0 Å². The molecule has 0 radical (unpaired) electrons. The minimum Gasteiger partial charge on any atom is -0.494 e. The summed E-state index contributed by atoms with van der Waals surface area (Å²) in [5.41, 5.74) is 1.63. The van der Waals surface area contributed by atoms with E-state index in [0.29, 0.717) is 35.6 Å². The van der Waals surface area contributed by atoms with Crippen LogP contribution in [0.25, 0.3) is 0 Å². The number of aryl methyl sites for hydroxylation is 1. The first-order valence-electron chi connectivity index (χ1n) is 7.41. The Labute approximate surface area is 130 Å². The van der Waals surface area contributed by atoms with E-state index < -0.39 is 12.0 Å². The second kappa shape index (κ2) is 7.68. The van der Waals surface area contributed by atoms with Gasteiger partial charge in [-0.15, -0.1) is 0 Å². The van der Waals surface area contributed by atoms with Gasteiger partial charge in [-0.1, -0.05) is 6.92 Å². The normalized spacial score (nSPS) is 10.5. The zero-order valence-corrected chi connectivity index (χ0v) is 13.7. The Bertz CT molecular complexity index is 568. The van der Waals surface area contributed by atoms with Crippen molar-refractivity contribution in [3.63, 3.8) is 0 Å². The number of hydrogen-bond acceptors (Lipinski definition) is 3. The number of carbonyl (C=O) groups excluding carboxylic acids is 1. The third-order valence-electron chi connectivity index (χ3n) is 3.12. The molecule has 0 fully saturated rings. The summed E-state index contributed by atoms with van der Waals surface area (Å²) in [4.78, 5) is 23.6. The zero-order chi connectivity index (χ0) is 16.9. The lowest BCUT2D eigenvalue weighted by atomic mass is 9.98. The molecular formula is C16H24N2O4. The number of carboxylic acid groups (broad SMARTS) is 1. The molecule has 6 nitrogen and oxygen atoms in total. The average molecular weight is 308 g/mol. The van der Waals surface area contributed by atoms with Crippen molar-refractivity contribution in [2.24, 2.45) is 0 Å². The first kappa shape index (κ1) is 17.8. The molecule has 1 rings (SSSR count). The second-order valence-corrected chi connectivity index (χ2v) is 5.27. The van der Waals surface area contributed by atoms with Crippen LogP contribution in [-0.2, 0) is 6.42 Å². The minimum absolute atomic E-state index is 0.0467. The van der Waals surface area contributed by atoms with Gasteiger partial charge in [0.25, 0.3) is 0 Å². The van der Waals surface area contributed by atoms with Crippen molar-refractivity contribution >= 4 is 17.7 Å². The number of amides is 2.